The van der Waals surface area contributed by atoms with E-state index in [0.717, 1.165) is 5.56 Å². The van der Waals surface area contributed by atoms with Crippen LogP contribution >= 0.6 is 47.8 Å². The number of hydrogen-bond acceptors (Lipinski definition) is 1. The van der Waals surface area contributed by atoms with Gasteiger partial charge in [-0.25, -0.2) is 0 Å². The molecule has 0 fully saturated rings. The number of hydrogen-bond donors (Lipinski definition) is 1. The number of halogens is 3. The molecule has 0 aliphatic heterocycles. The molecule has 0 aliphatic carbocycles. The van der Waals surface area contributed by atoms with E-state index in [1.54, 1.807) is 0 Å². The zero-order valence-electron chi connectivity index (χ0n) is 7.05. The van der Waals surface area contributed by atoms with Crippen molar-refractivity contribution in [2.75, 3.05) is 0 Å². The van der Waals surface area contributed by atoms with Gasteiger partial charge >= 0.3 is 0 Å². The Morgan fingerprint density at radius 1 is 1.14 bits per heavy atom. The molecule has 0 unspecified atom stereocenters. The topological polar surface area (TPSA) is 20.2 Å². The van der Waals surface area contributed by atoms with E-state index in [1.165, 1.54) is 0 Å². The number of benzene rings is 1. The van der Waals surface area contributed by atoms with Gasteiger partial charge < -0.3 is 5.11 Å². The smallest absolute Gasteiger partial charge is 0.171 e. The molecule has 1 aromatic carbocycles. The summed E-state index contributed by atoms with van der Waals surface area (Å²) in [7, 11) is 0. The molecule has 0 amide bonds. The molecule has 0 saturated heterocycles. The highest BCUT2D eigenvalue weighted by atomic mass is 80.0. The van der Waals surface area contributed by atoms with Crippen molar-refractivity contribution in [1.29, 1.82) is 0 Å². The molecule has 0 heterocycles. The second-order valence-corrected chi connectivity index (χ2v) is 9.52. The van der Waals surface area contributed by atoms with Crippen LogP contribution in [-0.2, 0) is 0 Å². The van der Waals surface area contributed by atoms with Gasteiger partial charge in [0.25, 0.3) is 0 Å². The van der Waals surface area contributed by atoms with E-state index >= 15 is 0 Å². The van der Waals surface area contributed by atoms with Gasteiger partial charge in [0.15, 0.2) is 2.14 Å². The number of rotatable bonds is 0. The van der Waals surface area contributed by atoms with E-state index < -0.39 is 8.25 Å². The van der Waals surface area contributed by atoms with Crippen LogP contribution in [0.1, 0.15) is 5.56 Å². The third kappa shape index (κ3) is 4.14. The highest BCUT2D eigenvalue weighted by Gasteiger charge is 2.26. The van der Waals surface area contributed by atoms with Crippen molar-refractivity contribution < 1.29 is 5.11 Å². The Hall–Kier alpha value is 0.180. The molecular weight excluding hydrogens is 376 g/mol. The molecule has 0 spiro atoms. The maximum absolute atomic E-state index is 9.53. The molecule has 1 nitrogen and oxygen atoms in total. The summed E-state index contributed by atoms with van der Waals surface area (Å²) < 4.78 is -0.741. The summed E-state index contributed by atoms with van der Waals surface area (Å²) in [4.78, 5) is 0. The van der Waals surface area contributed by atoms with Crippen LogP contribution in [0.3, 0.4) is 0 Å². The van der Waals surface area contributed by atoms with Crippen LogP contribution in [0.5, 0.6) is 0 Å². The Morgan fingerprint density at radius 2 is 1.71 bits per heavy atom. The summed E-state index contributed by atoms with van der Waals surface area (Å²) in [5, 5.41) is 9.53. The summed E-state index contributed by atoms with van der Waals surface area (Å²) in [6, 6.07) is 9.50. The third-order valence-electron chi connectivity index (χ3n) is 1.44. The van der Waals surface area contributed by atoms with Gasteiger partial charge in [-0.1, -0.05) is 77.8 Å². The van der Waals surface area contributed by atoms with Crippen molar-refractivity contribution in [2.24, 2.45) is 0 Å². The Kier molecular flexibility index (Phi) is 4.65. The van der Waals surface area contributed by atoms with Crippen LogP contribution in [0.15, 0.2) is 30.3 Å². The molecule has 0 bridgehead atoms. The quantitative estimate of drug-likeness (QED) is 0.539. The van der Waals surface area contributed by atoms with Gasteiger partial charge in [0.2, 0.25) is 0 Å². The van der Waals surface area contributed by atoms with Crippen LogP contribution in [0.25, 0.3) is 0 Å². The minimum Gasteiger partial charge on any atom is -0.377 e. The maximum atomic E-state index is 9.53. The fraction of sp³-hybridized carbons (Fsp3) is 0.200. The van der Waals surface area contributed by atoms with E-state index in [1.807, 2.05) is 30.3 Å². The van der Waals surface area contributed by atoms with Crippen molar-refractivity contribution in [3.8, 4) is 11.8 Å². The van der Waals surface area contributed by atoms with Crippen molar-refractivity contribution in [3.05, 3.63) is 35.9 Å². The fourth-order valence-corrected chi connectivity index (χ4v) is 1.10. The number of aliphatic hydroxyl groups excluding tert-OH is 1. The summed E-state index contributed by atoms with van der Waals surface area (Å²) in [5.74, 6) is 5.56. The second-order valence-electron chi connectivity index (χ2n) is 2.58. The molecule has 1 rings (SSSR count). The van der Waals surface area contributed by atoms with E-state index in [0.29, 0.717) is 0 Å². The lowest BCUT2D eigenvalue weighted by Crippen LogP contribution is -2.21. The van der Waals surface area contributed by atoms with Gasteiger partial charge in [0, 0.05) is 5.56 Å². The Morgan fingerprint density at radius 3 is 2.21 bits per heavy atom. The largest absolute Gasteiger partial charge is 0.377 e. The first-order chi connectivity index (χ1) is 6.50. The Bertz CT molecular complexity index is 345. The summed E-state index contributed by atoms with van der Waals surface area (Å²) >= 11 is 9.59. The molecule has 0 aromatic heterocycles. The first-order valence-corrected chi connectivity index (χ1v) is 6.19. The van der Waals surface area contributed by atoms with Crippen molar-refractivity contribution in [3.63, 3.8) is 0 Å². The zero-order valence-corrected chi connectivity index (χ0v) is 11.8. The first-order valence-electron chi connectivity index (χ1n) is 3.81. The molecule has 0 radical (unpaired) electrons. The summed E-state index contributed by atoms with van der Waals surface area (Å²) in [5.41, 5.74) is 0.878. The van der Waals surface area contributed by atoms with Crippen LogP contribution < -0.4 is 0 Å². The first kappa shape index (κ1) is 12.3. The standard InChI is InChI=1S/C10H7Br3O/c11-10(12,13)9(14)7-6-8-4-2-1-3-5-8/h1-5,9,14H/t9-/m1/s1. The average molecular weight is 383 g/mol. The third-order valence-corrected chi connectivity index (χ3v) is 2.74. The monoisotopic (exact) mass is 380 g/mol. The van der Waals surface area contributed by atoms with Gasteiger partial charge in [-0.3, -0.25) is 0 Å². The lowest BCUT2D eigenvalue weighted by molar-refractivity contribution is 0.248. The van der Waals surface area contributed by atoms with Crippen LogP contribution in [0.2, 0.25) is 0 Å². The number of alkyl halides is 3. The maximum Gasteiger partial charge on any atom is 0.171 e. The van der Waals surface area contributed by atoms with Crippen LogP contribution in [0, 0.1) is 11.8 Å². The molecule has 0 aliphatic rings. The SMILES string of the molecule is O[C@H](C#Cc1ccccc1)C(Br)(Br)Br. The molecule has 1 aromatic rings. The van der Waals surface area contributed by atoms with Crippen molar-refractivity contribution >= 4 is 47.8 Å². The lowest BCUT2D eigenvalue weighted by atomic mass is 10.2. The van der Waals surface area contributed by atoms with E-state index in [4.69, 9.17) is 0 Å². The molecule has 0 saturated carbocycles. The van der Waals surface area contributed by atoms with Gasteiger partial charge in [0.05, 0.1) is 0 Å². The van der Waals surface area contributed by atoms with Gasteiger partial charge in [-0.15, -0.1) is 0 Å². The molecular formula is C10H7Br3O. The normalized spacial score (nSPS) is 12.9. The van der Waals surface area contributed by atoms with Gasteiger partial charge in [-0.05, 0) is 12.1 Å². The lowest BCUT2D eigenvalue weighted by Gasteiger charge is -2.13. The van der Waals surface area contributed by atoms with E-state index in [2.05, 4.69) is 59.6 Å². The highest BCUT2D eigenvalue weighted by Crippen LogP contribution is 2.36. The summed E-state index contributed by atoms with van der Waals surface area (Å²) in [6.07, 6.45) is -0.831. The minimum absolute atomic E-state index is 0.741. The Labute approximate surface area is 108 Å². The fourth-order valence-electron chi connectivity index (χ4n) is 0.755. The molecule has 74 valence electrons. The molecule has 4 heteroatoms. The molecule has 1 atom stereocenters. The Balaban J connectivity index is 2.74. The minimum atomic E-state index is -0.831. The molecule has 14 heavy (non-hydrogen) atoms. The zero-order chi connectivity index (χ0) is 10.6. The van der Waals surface area contributed by atoms with Crippen molar-refractivity contribution in [2.45, 2.75) is 8.25 Å². The predicted molar refractivity (Wildman–Crippen MR) is 68.8 cm³/mol. The second kappa shape index (κ2) is 5.32. The van der Waals surface area contributed by atoms with E-state index in [-0.39, 0.29) is 0 Å². The van der Waals surface area contributed by atoms with Crippen LogP contribution in [-0.4, -0.2) is 13.4 Å². The van der Waals surface area contributed by atoms with Gasteiger partial charge in [-0.2, -0.15) is 0 Å². The molecule has 1 N–H and O–H groups in total. The van der Waals surface area contributed by atoms with Gasteiger partial charge in [0.1, 0.15) is 6.10 Å². The van der Waals surface area contributed by atoms with Crippen LogP contribution in [0.4, 0.5) is 0 Å². The summed E-state index contributed by atoms with van der Waals surface area (Å²) in [6.45, 7) is 0. The average Bonchev–Trinajstić information content (AvgIpc) is 2.14. The van der Waals surface area contributed by atoms with E-state index in [9.17, 15) is 5.11 Å². The number of aliphatic hydroxyl groups is 1. The van der Waals surface area contributed by atoms with Crippen molar-refractivity contribution in [1.82, 2.24) is 0 Å². The predicted octanol–water partition coefficient (Wildman–Crippen LogP) is 3.24. The highest BCUT2D eigenvalue weighted by molar-refractivity contribution is 9.39.